The molecule has 1 aromatic rings. The quantitative estimate of drug-likeness (QED) is 0.504. The molecule has 9 nitrogen and oxygen atoms in total. The summed E-state index contributed by atoms with van der Waals surface area (Å²) in [6, 6.07) is 0.975. The van der Waals surface area contributed by atoms with Crippen molar-refractivity contribution in [2.75, 3.05) is 23.8 Å². The lowest BCUT2D eigenvalue weighted by atomic mass is 9.89. The second kappa shape index (κ2) is 7.77. The normalized spacial score (nSPS) is 21.0. The van der Waals surface area contributed by atoms with E-state index in [0.717, 1.165) is 0 Å². The number of aromatic nitrogens is 2. The molecule has 0 bridgehead atoms. The Morgan fingerprint density at radius 1 is 1.46 bits per heavy atom. The van der Waals surface area contributed by atoms with Crippen molar-refractivity contribution in [1.82, 2.24) is 9.97 Å². The standard InChI is InChI=1S/C17H26N6O3/c1-17(2,3)12(25)8-13(18)21-15(26)11-7-10(24)9-23(11)14-5-6-20-16(19-4)22-14/h5-6,10-11,24H,7-9H2,1-4H3,(H2,18,21,26)(H,19,20,22). The van der Waals surface area contributed by atoms with Gasteiger partial charge in [0.25, 0.3) is 5.91 Å². The number of carbonyl (C=O) groups excluding carboxylic acids is 2. The number of ketones is 1. The third-order valence-electron chi connectivity index (χ3n) is 4.15. The van der Waals surface area contributed by atoms with Crippen LogP contribution in [0.4, 0.5) is 11.8 Å². The van der Waals surface area contributed by atoms with Crippen molar-refractivity contribution in [3.63, 3.8) is 0 Å². The summed E-state index contributed by atoms with van der Waals surface area (Å²) >= 11 is 0. The number of nitrogens with zero attached hydrogens (tertiary/aromatic N) is 4. The first-order valence-electron chi connectivity index (χ1n) is 8.47. The Balaban J connectivity index is 2.17. The highest BCUT2D eigenvalue weighted by Crippen LogP contribution is 2.25. The second-order valence-corrected chi connectivity index (χ2v) is 7.34. The summed E-state index contributed by atoms with van der Waals surface area (Å²) in [4.78, 5) is 38.5. The average molecular weight is 362 g/mol. The molecule has 1 aromatic heterocycles. The smallest absolute Gasteiger partial charge is 0.270 e. The first-order chi connectivity index (χ1) is 12.1. The molecule has 26 heavy (non-hydrogen) atoms. The minimum atomic E-state index is -0.687. The summed E-state index contributed by atoms with van der Waals surface area (Å²) in [6.07, 6.45) is 1.04. The molecule has 2 atom stereocenters. The van der Waals surface area contributed by atoms with E-state index < -0.39 is 23.5 Å². The van der Waals surface area contributed by atoms with Gasteiger partial charge in [0.05, 0.1) is 12.5 Å². The molecule has 1 amide bonds. The fraction of sp³-hybridized carbons (Fsp3) is 0.588. The van der Waals surface area contributed by atoms with Gasteiger partial charge in [0, 0.05) is 31.6 Å². The van der Waals surface area contributed by atoms with E-state index in [-0.39, 0.29) is 31.0 Å². The van der Waals surface area contributed by atoms with Crippen molar-refractivity contribution in [2.45, 2.75) is 45.8 Å². The predicted octanol–water partition coefficient (Wildman–Crippen LogP) is 0.347. The van der Waals surface area contributed by atoms with E-state index in [2.05, 4.69) is 20.3 Å². The van der Waals surface area contributed by atoms with Gasteiger partial charge in [-0.1, -0.05) is 20.8 Å². The maximum absolute atomic E-state index is 12.6. The van der Waals surface area contributed by atoms with Crippen LogP contribution in [0.15, 0.2) is 17.3 Å². The Morgan fingerprint density at radius 2 is 2.15 bits per heavy atom. The molecule has 1 saturated heterocycles. The molecule has 142 valence electrons. The molecule has 0 saturated carbocycles. The topological polar surface area (TPSA) is 134 Å². The highest BCUT2D eigenvalue weighted by Gasteiger charge is 2.37. The Hall–Kier alpha value is -2.55. The Bertz CT molecular complexity index is 713. The average Bonchev–Trinajstić information content (AvgIpc) is 2.96. The number of amides is 1. The van der Waals surface area contributed by atoms with Gasteiger partial charge in [-0.2, -0.15) is 9.98 Å². The summed E-state index contributed by atoms with van der Waals surface area (Å²) in [6.45, 7) is 5.61. The van der Waals surface area contributed by atoms with Gasteiger partial charge in [-0.05, 0) is 6.07 Å². The summed E-state index contributed by atoms with van der Waals surface area (Å²) in [7, 11) is 1.69. The number of hydrogen-bond donors (Lipinski definition) is 3. The van der Waals surface area contributed by atoms with Gasteiger partial charge in [0.2, 0.25) is 5.95 Å². The molecule has 1 aliphatic rings. The lowest BCUT2D eigenvalue weighted by Gasteiger charge is -2.23. The SMILES string of the molecule is CNc1nccc(N2CC(O)CC2C(=O)N=C(N)CC(=O)C(C)(C)C)n1. The summed E-state index contributed by atoms with van der Waals surface area (Å²) < 4.78 is 0. The third-order valence-corrected chi connectivity index (χ3v) is 4.15. The van der Waals surface area contributed by atoms with Gasteiger partial charge in [0.1, 0.15) is 23.5 Å². The zero-order valence-corrected chi connectivity index (χ0v) is 15.6. The van der Waals surface area contributed by atoms with Crippen molar-refractivity contribution in [3.05, 3.63) is 12.3 Å². The fourth-order valence-electron chi connectivity index (χ4n) is 2.62. The maximum atomic E-state index is 12.6. The van der Waals surface area contributed by atoms with Crippen LogP contribution in [0, 0.1) is 5.41 Å². The van der Waals surface area contributed by atoms with Crippen LogP contribution in [-0.4, -0.2) is 58.3 Å². The van der Waals surface area contributed by atoms with Crippen LogP contribution >= 0.6 is 0 Å². The molecule has 2 heterocycles. The fourth-order valence-corrected chi connectivity index (χ4v) is 2.62. The van der Waals surface area contributed by atoms with E-state index in [9.17, 15) is 14.7 Å². The van der Waals surface area contributed by atoms with E-state index in [1.165, 1.54) is 0 Å². The van der Waals surface area contributed by atoms with Crippen LogP contribution in [0.3, 0.4) is 0 Å². The van der Waals surface area contributed by atoms with Crippen molar-refractivity contribution >= 4 is 29.3 Å². The number of amidine groups is 1. The number of anilines is 2. The van der Waals surface area contributed by atoms with E-state index >= 15 is 0 Å². The minimum Gasteiger partial charge on any atom is -0.391 e. The van der Waals surface area contributed by atoms with E-state index in [0.29, 0.717) is 11.8 Å². The lowest BCUT2D eigenvalue weighted by Crippen LogP contribution is -2.37. The molecule has 0 radical (unpaired) electrons. The van der Waals surface area contributed by atoms with E-state index in [1.54, 1.807) is 45.0 Å². The zero-order valence-electron chi connectivity index (χ0n) is 15.6. The minimum absolute atomic E-state index is 0.0186. The predicted molar refractivity (Wildman–Crippen MR) is 99.0 cm³/mol. The van der Waals surface area contributed by atoms with Gasteiger partial charge in [-0.25, -0.2) is 4.98 Å². The van der Waals surface area contributed by atoms with Gasteiger partial charge >= 0.3 is 0 Å². The van der Waals surface area contributed by atoms with Crippen molar-refractivity contribution in [1.29, 1.82) is 0 Å². The number of nitrogens with two attached hydrogens (primary N) is 1. The number of rotatable bonds is 5. The molecular weight excluding hydrogens is 336 g/mol. The van der Waals surface area contributed by atoms with Gasteiger partial charge in [-0.15, -0.1) is 0 Å². The Morgan fingerprint density at radius 3 is 2.77 bits per heavy atom. The molecule has 2 rings (SSSR count). The molecule has 0 aliphatic carbocycles. The van der Waals surface area contributed by atoms with Crippen LogP contribution in [0.25, 0.3) is 0 Å². The van der Waals surface area contributed by atoms with Gasteiger partial charge < -0.3 is 21.1 Å². The summed E-state index contributed by atoms with van der Waals surface area (Å²) in [5.74, 6) is 0.317. The first kappa shape index (κ1) is 19.8. The largest absolute Gasteiger partial charge is 0.391 e. The summed E-state index contributed by atoms with van der Waals surface area (Å²) in [5, 5.41) is 12.8. The summed E-state index contributed by atoms with van der Waals surface area (Å²) in [5.41, 5.74) is 5.24. The highest BCUT2D eigenvalue weighted by molar-refractivity contribution is 6.06. The second-order valence-electron chi connectivity index (χ2n) is 7.34. The van der Waals surface area contributed by atoms with E-state index in [1.807, 2.05) is 0 Å². The number of aliphatic hydroxyl groups is 1. The number of hydrogen-bond acceptors (Lipinski definition) is 7. The number of aliphatic imine (C=N–C) groups is 1. The number of nitrogens with one attached hydrogen (secondary N) is 1. The molecule has 9 heteroatoms. The number of β-amino-alcohol motifs (C(OH)–C–C–N with tert-alkyl or cyclic N) is 1. The molecule has 4 N–H and O–H groups in total. The monoisotopic (exact) mass is 362 g/mol. The number of Topliss-reactive ketones (excluding diaryl/α,β-unsaturated/α-hetero) is 1. The molecule has 1 aliphatic heterocycles. The van der Waals surface area contributed by atoms with Gasteiger partial charge in [-0.3, -0.25) is 9.59 Å². The molecule has 0 spiro atoms. The first-order valence-corrected chi connectivity index (χ1v) is 8.47. The number of carbonyl (C=O) groups is 2. The van der Waals surface area contributed by atoms with Crippen molar-refractivity contribution in [3.8, 4) is 0 Å². The zero-order chi connectivity index (χ0) is 19.5. The van der Waals surface area contributed by atoms with E-state index in [4.69, 9.17) is 5.73 Å². The van der Waals surface area contributed by atoms with Crippen LogP contribution in [0.1, 0.15) is 33.6 Å². The van der Waals surface area contributed by atoms with Crippen LogP contribution in [0.5, 0.6) is 0 Å². The molecular formula is C17H26N6O3. The molecule has 2 unspecified atom stereocenters. The molecule has 0 aromatic carbocycles. The maximum Gasteiger partial charge on any atom is 0.270 e. The Labute approximate surface area is 152 Å². The number of aliphatic hydroxyl groups excluding tert-OH is 1. The third kappa shape index (κ3) is 4.75. The highest BCUT2D eigenvalue weighted by atomic mass is 16.3. The molecule has 1 fully saturated rings. The lowest BCUT2D eigenvalue weighted by molar-refractivity contribution is -0.125. The van der Waals surface area contributed by atoms with Crippen molar-refractivity contribution < 1.29 is 14.7 Å². The van der Waals surface area contributed by atoms with Crippen LogP contribution in [0.2, 0.25) is 0 Å². The van der Waals surface area contributed by atoms with Gasteiger partial charge in [0.15, 0.2) is 0 Å². The van der Waals surface area contributed by atoms with Crippen LogP contribution in [-0.2, 0) is 9.59 Å². The van der Waals surface area contributed by atoms with Crippen molar-refractivity contribution in [2.24, 2.45) is 16.1 Å². The van der Waals surface area contributed by atoms with Crippen LogP contribution < -0.4 is 16.0 Å². The Kier molecular flexibility index (Phi) is 5.91.